The van der Waals surface area contributed by atoms with Crippen molar-refractivity contribution in [2.75, 3.05) is 13.7 Å². The van der Waals surface area contributed by atoms with Gasteiger partial charge in [0.1, 0.15) is 41.2 Å². The van der Waals surface area contributed by atoms with Crippen LogP contribution < -0.4 is 30.1 Å². The van der Waals surface area contributed by atoms with Crippen molar-refractivity contribution in [1.29, 1.82) is 0 Å². The lowest BCUT2D eigenvalue weighted by atomic mass is 9.97. The topological polar surface area (TPSA) is 215 Å². The first-order valence-electron chi connectivity index (χ1n) is 19.9. The maximum atomic E-state index is 14.7. The summed E-state index contributed by atoms with van der Waals surface area (Å²) in [6, 6.07) is 2.19. The number of sulfonamides is 1. The molecule has 2 aliphatic carbocycles. The minimum absolute atomic E-state index is 0.00542. The Bertz CT molecular complexity index is 2050. The van der Waals surface area contributed by atoms with Crippen LogP contribution in [0.2, 0.25) is 0 Å². The van der Waals surface area contributed by atoms with Crippen molar-refractivity contribution in [3.05, 3.63) is 36.0 Å². The second-order valence-corrected chi connectivity index (χ2v) is 18.5. The lowest BCUT2D eigenvalue weighted by Gasteiger charge is -2.31. The molecule has 5 amide bonds. The van der Waals surface area contributed by atoms with E-state index in [0.717, 1.165) is 12.8 Å². The molecule has 4 aliphatic rings. The molecule has 17 heteroatoms. The number of ether oxygens (including phenoxy) is 2. The number of carbonyl (C=O) groups is 5. The number of hydrogen-bond acceptors (Lipinski definition) is 11. The van der Waals surface area contributed by atoms with Gasteiger partial charge >= 0.3 is 0 Å². The van der Waals surface area contributed by atoms with Crippen LogP contribution in [0.4, 0.5) is 0 Å². The van der Waals surface area contributed by atoms with Gasteiger partial charge in [0.15, 0.2) is 0 Å². The molecule has 1 aromatic carbocycles. The quantitative estimate of drug-likeness (QED) is 0.242. The number of benzene rings is 1. The number of rotatable bonds is 11. The number of methoxy groups -OCH3 is 1. The van der Waals surface area contributed by atoms with E-state index in [0.29, 0.717) is 54.6 Å². The van der Waals surface area contributed by atoms with Gasteiger partial charge in [0.05, 0.1) is 29.4 Å². The van der Waals surface area contributed by atoms with Gasteiger partial charge in [-0.2, -0.15) is 0 Å². The second-order valence-electron chi connectivity index (χ2n) is 16.3. The lowest BCUT2D eigenvalue weighted by molar-refractivity contribution is -0.143. The summed E-state index contributed by atoms with van der Waals surface area (Å²) in [6.07, 6.45) is 7.69. The Hall–Kier alpha value is -4.80. The predicted octanol–water partition coefficient (Wildman–Crippen LogP) is 2.72. The van der Waals surface area contributed by atoms with Crippen LogP contribution in [0, 0.1) is 18.8 Å². The highest BCUT2D eigenvalue weighted by atomic mass is 32.2. The van der Waals surface area contributed by atoms with Crippen LogP contribution in [0.1, 0.15) is 97.6 Å². The van der Waals surface area contributed by atoms with Crippen molar-refractivity contribution in [1.82, 2.24) is 35.5 Å². The minimum Gasteiger partial charge on any atom is -0.497 e. The maximum Gasteiger partial charge on any atom is 0.259 e. The fourth-order valence-electron chi connectivity index (χ4n) is 7.63. The summed E-state index contributed by atoms with van der Waals surface area (Å²) in [6.45, 7) is 8.34. The molecule has 310 valence electrons. The molecule has 3 heterocycles. The highest BCUT2D eigenvalue weighted by molar-refractivity contribution is 7.91. The molecule has 1 aromatic heterocycles. The molecule has 4 N–H and O–H groups in total. The fourth-order valence-corrected chi connectivity index (χ4v) is 8.94. The zero-order valence-corrected chi connectivity index (χ0v) is 34.4. The van der Waals surface area contributed by atoms with E-state index in [2.05, 4.69) is 30.6 Å². The van der Waals surface area contributed by atoms with Gasteiger partial charge in [-0.1, -0.05) is 45.3 Å². The first-order chi connectivity index (χ1) is 27.0. The van der Waals surface area contributed by atoms with Crippen LogP contribution in [0.15, 0.2) is 30.4 Å². The summed E-state index contributed by atoms with van der Waals surface area (Å²) in [5.41, 5.74) is 0.0811. The SMILES string of the molecule is CC[C@H](C)[C@H](NC(C)=O)C(=O)N[C@H]1CCCCC/C=C\[C@@H]2C[C@@]2(C(=O)NS(=O)(=O)C2(C)CC2)NC(=O)[C@@H]2C[C@@H](Oc3nc4cc(OC)ccc4nc3C)CN2C1=O. The van der Waals surface area contributed by atoms with Crippen LogP contribution in [0.3, 0.4) is 0 Å². The standard InChI is InChI=1S/C40H55N7O9S/c1-7-23(2)33(42-25(4)48)35(50)43-30-14-12-10-8-9-11-13-26-21-40(26,38(52)46-57(53,54)39(5)17-18-39)45-34(49)32-20-28(22-47(32)37(30)51)56-36-24(3)41-29-16-15-27(55-6)19-31(29)44-36/h11,13,15-16,19,23,26,28,30,32-33H,7-10,12,14,17-18,20-22H2,1-6H3,(H,42,48)(H,43,50)(H,45,49)(H,46,52)/b13-11-/t23-,26+,28+,30-,32-,33-,40+/m0/s1. The second kappa shape index (κ2) is 16.6. The highest BCUT2D eigenvalue weighted by Crippen LogP contribution is 2.47. The number of nitrogens with one attached hydrogen (secondary N) is 4. The van der Waals surface area contributed by atoms with E-state index in [9.17, 15) is 32.4 Å². The van der Waals surface area contributed by atoms with E-state index in [1.807, 2.05) is 26.0 Å². The van der Waals surface area contributed by atoms with E-state index in [4.69, 9.17) is 9.47 Å². The normalized spacial score (nSPS) is 27.6. The summed E-state index contributed by atoms with van der Waals surface area (Å²) in [5.74, 6) is -2.79. The molecule has 2 saturated carbocycles. The molecular formula is C40H55N7O9S. The van der Waals surface area contributed by atoms with Crippen molar-refractivity contribution in [2.24, 2.45) is 11.8 Å². The lowest BCUT2D eigenvalue weighted by Crippen LogP contribution is -2.59. The van der Waals surface area contributed by atoms with Crippen LogP contribution in [-0.2, 0) is 34.0 Å². The van der Waals surface area contributed by atoms with Crippen LogP contribution in [-0.4, -0.2) is 101 Å². The number of aryl methyl sites for hydroxylation is 1. The van der Waals surface area contributed by atoms with Crippen LogP contribution in [0.25, 0.3) is 11.0 Å². The summed E-state index contributed by atoms with van der Waals surface area (Å²) < 4.78 is 39.3. The van der Waals surface area contributed by atoms with E-state index in [-0.39, 0.29) is 43.5 Å². The molecule has 0 bridgehead atoms. The fraction of sp³-hybridized carbons (Fsp3) is 0.625. The van der Waals surface area contributed by atoms with Crippen molar-refractivity contribution >= 4 is 50.6 Å². The Labute approximate surface area is 333 Å². The van der Waals surface area contributed by atoms with Crippen LogP contribution >= 0.6 is 0 Å². The molecule has 0 spiro atoms. The summed E-state index contributed by atoms with van der Waals surface area (Å²) >= 11 is 0. The Morgan fingerprint density at radius 1 is 1.11 bits per heavy atom. The highest BCUT2D eigenvalue weighted by Gasteiger charge is 2.63. The average Bonchev–Trinajstić information content (AvgIpc) is 4.05. The van der Waals surface area contributed by atoms with Crippen LogP contribution in [0.5, 0.6) is 11.6 Å². The number of allylic oxidation sites excluding steroid dienone is 1. The molecule has 2 aromatic rings. The zero-order chi connectivity index (χ0) is 41.3. The number of fused-ring (bicyclic) bond motifs is 3. The summed E-state index contributed by atoms with van der Waals surface area (Å²) in [4.78, 5) is 79.7. The Morgan fingerprint density at radius 3 is 2.54 bits per heavy atom. The molecule has 3 fully saturated rings. The molecule has 1 saturated heterocycles. The van der Waals surface area contributed by atoms with E-state index >= 15 is 0 Å². The molecule has 2 aliphatic heterocycles. The summed E-state index contributed by atoms with van der Waals surface area (Å²) in [7, 11) is -2.47. The third-order valence-corrected chi connectivity index (χ3v) is 14.1. The maximum absolute atomic E-state index is 14.7. The Balaban J connectivity index is 1.33. The van der Waals surface area contributed by atoms with Gasteiger partial charge in [-0.05, 0) is 70.4 Å². The largest absolute Gasteiger partial charge is 0.497 e. The first-order valence-corrected chi connectivity index (χ1v) is 21.4. The van der Waals surface area contributed by atoms with Crippen molar-refractivity contribution in [3.63, 3.8) is 0 Å². The van der Waals surface area contributed by atoms with Crippen molar-refractivity contribution < 1.29 is 41.9 Å². The molecule has 57 heavy (non-hydrogen) atoms. The van der Waals surface area contributed by atoms with Gasteiger partial charge in [0, 0.05) is 25.3 Å². The van der Waals surface area contributed by atoms with Crippen molar-refractivity contribution in [2.45, 2.75) is 133 Å². The van der Waals surface area contributed by atoms with Gasteiger partial charge in [-0.25, -0.2) is 18.4 Å². The van der Waals surface area contributed by atoms with Gasteiger partial charge in [-0.15, -0.1) is 0 Å². The number of aromatic nitrogens is 2. The molecular weight excluding hydrogens is 755 g/mol. The van der Waals surface area contributed by atoms with Gasteiger partial charge in [-0.3, -0.25) is 28.7 Å². The van der Waals surface area contributed by atoms with Gasteiger partial charge < -0.3 is 30.3 Å². The average molecular weight is 810 g/mol. The Morgan fingerprint density at radius 2 is 1.86 bits per heavy atom. The number of amides is 5. The van der Waals surface area contributed by atoms with Gasteiger partial charge in [0.2, 0.25) is 39.5 Å². The molecule has 6 rings (SSSR count). The molecule has 0 unspecified atom stereocenters. The van der Waals surface area contributed by atoms with Crippen molar-refractivity contribution in [3.8, 4) is 11.6 Å². The Kier molecular flexibility index (Phi) is 12.2. The minimum atomic E-state index is -4.01. The van der Waals surface area contributed by atoms with E-state index < -0.39 is 74.1 Å². The smallest absolute Gasteiger partial charge is 0.259 e. The van der Waals surface area contributed by atoms with E-state index in [1.54, 1.807) is 39.2 Å². The third kappa shape index (κ3) is 9.02. The number of nitrogens with zero attached hydrogens (tertiary/aromatic N) is 3. The summed E-state index contributed by atoms with van der Waals surface area (Å²) in [5, 5.41) is 8.51. The molecule has 7 atom stereocenters. The first kappa shape index (κ1) is 41.8. The van der Waals surface area contributed by atoms with E-state index in [1.165, 1.54) is 11.8 Å². The monoisotopic (exact) mass is 809 g/mol. The zero-order valence-electron chi connectivity index (χ0n) is 33.6. The number of hydrogen-bond donors (Lipinski definition) is 4. The molecule has 16 nitrogen and oxygen atoms in total. The molecule has 0 radical (unpaired) electrons. The third-order valence-electron chi connectivity index (χ3n) is 11.9. The number of carbonyl (C=O) groups excluding carboxylic acids is 5. The van der Waals surface area contributed by atoms with Gasteiger partial charge in [0.25, 0.3) is 5.91 Å². The predicted molar refractivity (Wildman–Crippen MR) is 210 cm³/mol.